The van der Waals surface area contributed by atoms with Crippen molar-refractivity contribution in [2.75, 3.05) is 19.6 Å². The smallest absolute Gasteiger partial charge is 0.243 e. The van der Waals surface area contributed by atoms with Crippen LogP contribution >= 0.6 is 0 Å². The van der Waals surface area contributed by atoms with Gasteiger partial charge in [-0.25, -0.2) is 8.42 Å². The summed E-state index contributed by atoms with van der Waals surface area (Å²) in [7, 11) is -3.53. The normalized spacial score (nSPS) is 15.7. The van der Waals surface area contributed by atoms with Gasteiger partial charge in [-0.2, -0.15) is 4.31 Å². The first-order valence-corrected chi connectivity index (χ1v) is 12.5. The summed E-state index contributed by atoms with van der Waals surface area (Å²) in [5.41, 5.74) is 4.10. The van der Waals surface area contributed by atoms with Crippen LogP contribution in [0.4, 0.5) is 0 Å². The zero-order chi connectivity index (χ0) is 22.7. The van der Waals surface area contributed by atoms with Gasteiger partial charge in [-0.15, -0.1) is 0 Å². The third-order valence-electron chi connectivity index (χ3n) is 6.35. The number of nitrogens with zero attached hydrogens (tertiary/aromatic N) is 2. The Morgan fingerprint density at radius 2 is 1.81 bits per heavy atom. The van der Waals surface area contributed by atoms with Crippen molar-refractivity contribution in [3.8, 4) is 0 Å². The number of fused-ring (bicyclic) bond motifs is 1. The number of pyridine rings is 1. The Kier molecular flexibility index (Phi) is 6.58. The van der Waals surface area contributed by atoms with E-state index in [0.717, 1.165) is 27.6 Å². The van der Waals surface area contributed by atoms with Gasteiger partial charge in [0.05, 0.1) is 10.4 Å². The van der Waals surface area contributed by atoms with Crippen LogP contribution in [0.2, 0.25) is 0 Å². The average Bonchev–Trinajstić information content (AvgIpc) is 2.81. The summed E-state index contributed by atoms with van der Waals surface area (Å²) in [6.45, 7) is 5.14. The second-order valence-corrected chi connectivity index (χ2v) is 10.4. The van der Waals surface area contributed by atoms with Crippen molar-refractivity contribution in [1.29, 1.82) is 0 Å². The number of carbonyl (C=O) groups is 1. The Morgan fingerprint density at radius 1 is 1.06 bits per heavy atom. The van der Waals surface area contributed by atoms with Gasteiger partial charge < -0.3 is 5.32 Å². The molecule has 32 heavy (non-hydrogen) atoms. The topological polar surface area (TPSA) is 79.4 Å². The molecule has 1 fully saturated rings. The lowest BCUT2D eigenvalue weighted by Gasteiger charge is -2.30. The first kappa shape index (κ1) is 22.4. The molecule has 0 bridgehead atoms. The van der Waals surface area contributed by atoms with E-state index in [1.54, 1.807) is 18.3 Å². The number of carbonyl (C=O) groups excluding carboxylic acids is 1. The lowest BCUT2D eigenvalue weighted by atomic mass is 9.97. The molecule has 1 aliphatic rings. The second kappa shape index (κ2) is 9.38. The van der Waals surface area contributed by atoms with Gasteiger partial charge in [0.1, 0.15) is 0 Å². The number of sulfonamides is 1. The summed E-state index contributed by atoms with van der Waals surface area (Å²) in [4.78, 5) is 17.5. The molecule has 1 saturated heterocycles. The van der Waals surface area contributed by atoms with Crippen LogP contribution in [0.5, 0.6) is 0 Å². The molecule has 2 heterocycles. The lowest BCUT2D eigenvalue weighted by Crippen LogP contribution is -2.43. The maximum Gasteiger partial charge on any atom is 0.243 e. The number of hydrogen-bond donors (Lipinski definition) is 1. The first-order valence-electron chi connectivity index (χ1n) is 11.0. The number of hydrogen-bond acceptors (Lipinski definition) is 4. The van der Waals surface area contributed by atoms with Gasteiger partial charge >= 0.3 is 0 Å². The Balaban J connectivity index is 1.31. The quantitative estimate of drug-likeness (QED) is 0.621. The van der Waals surface area contributed by atoms with Crippen LogP contribution in [0.3, 0.4) is 0 Å². The Bertz CT molecular complexity index is 1230. The standard InChI is InChI=1S/C25H29N3O3S/c1-18-8-9-23(17-19(18)2)32(30,31)28-15-11-22(12-16-28)25(29)27-14-10-21-6-3-5-20-7-4-13-26-24(20)21/h3-9,13,17,22H,10-12,14-16H2,1-2H3,(H,27,29). The molecule has 7 heteroatoms. The number of aryl methyl sites for hydroxylation is 2. The molecule has 1 aliphatic heterocycles. The highest BCUT2D eigenvalue weighted by Gasteiger charge is 2.32. The van der Waals surface area contributed by atoms with Crippen molar-refractivity contribution >= 4 is 26.8 Å². The fourth-order valence-corrected chi connectivity index (χ4v) is 5.77. The van der Waals surface area contributed by atoms with Crippen molar-refractivity contribution in [2.24, 2.45) is 5.92 Å². The number of para-hydroxylation sites is 1. The van der Waals surface area contributed by atoms with Gasteiger partial charge in [0, 0.05) is 37.1 Å². The third-order valence-corrected chi connectivity index (χ3v) is 8.25. The average molecular weight is 452 g/mol. The van der Waals surface area contributed by atoms with Crippen LogP contribution in [-0.4, -0.2) is 43.2 Å². The van der Waals surface area contributed by atoms with Crippen LogP contribution < -0.4 is 5.32 Å². The largest absolute Gasteiger partial charge is 0.356 e. The number of amides is 1. The molecule has 0 atom stereocenters. The van der Waals surface area contributed by atoms with Crippen molar-refractivity contribution < 1.29 is 13.2 Å². The van der Waals surface area contributed by atoms with E-state index in [2.05, 4.69) is 10.3 Å². The summed E-state index contributed by atoms with van der Waals surface area (Å²) in [6, 6.07) is 15.3. The molecule has 1 aromatic heterocycles. The molecule has 0 unspecified atom stereocenters. The van der Waals surface area contributed by atoms with Gasteiger partial charge in [0.25, 0.3) is 0 Å². The van der Waals surface area contributed by atoms with Crippen molar-refractivity contribution in [1.82, 2.24) is 14.6 Å². The molecule has 1 amide bonds. The summed E-state index contributed by atoms with van der Waals surface area (Å²) < 4.78 is 27.5. The molecule has 4 rings (SSSR count). The molecular weight excluding hydrogens is 422 g/mol. The van der Waals surface area contributed by atoms with Gasteiger partial charge in [-0.1, -0.05) is 30.3 Å². The molecule has 3 aromatic rings. The monoisotopic (exact) mass is 451 g/mol. The minimum atomic E-state index is -3.53. The van der Waals surface area contributed by atoms with Gasteiger partial charge in [0.2, 0.25) is 15.9 Å². The highest BCUT2D eigenvalue weighted by Crippen LogP contribution is 2.25. The number of piperidine rings is 1. The van der Waals surface area contributed by atoms with E-state index in [1.165, 1.54) is 4.31 Å². The molecule has 168 valence electrons. The van der Waals surface area contributed by atoms with E-state index in [9.17, 15) is 13.2 Å². The molecule has 0 saturated carbocycles. The van der Waals surface area contributed by atoms with Crippen LogP contribution in [0.1, 0.15) is 29.5 Å². The summed E-state index contributed by atoms with van der Waals surface area (Å²) in [6.07, 6.45) is 3.56. The zero-order valence-electron chi connectivity index (χ0n) is 18.5. The number of nitrogens with one attached hydrogen (secondary N) is 1. The fourth-order valence-electron chi connectivity index (χ4n) is 4.22. The van der Waals surface area contributed by atoms with Crippen LogP contribution in [0.25, 0.3) is 10.9 Å². The minimum absolute atomic E-state index is 0.00132. The van der Waals surface area contributed by atoms with E-state index in [1.807, 2.05) is 50.2 Å². The third kappa shape index (κ3) is 4.69. The van der Waals surface area contributed by atoms with Crippen LogP contribution in [-0.2, 0) is 21.2 Å². The minimum Gasteiger partial charge on any atom is -0.356 e. The van der Waals surface area contributed by atoms with Crippen LogP contribution in [0, 0.1) is 19.8 Å². The van der Waals surface area contributed by atoms with E-state index < -0.39 is 10.0 Å². The first-order chi connectivity index (χ1) is 15.4. The molecule has 0 radical (unpaired) electrons. The Labute approximate surface area is 189 Å². The Morgan fingerprint density at radius 3 is 2.56 bits per heavy atom. The molecular formula is C25H29N3O3S. The predicted octanol–water partition coefficient (Wildman–Crippen LogP) is 3.61. The van der Waals surface area contributed by atoms with Crippen molar-refractivity contribution in [3.63, 3.8) is 0 Å². The SMILES string of the molecule is Cc1ccc(S(=O)(=O)N2CCC(C(=O)NCCc3cccc4cccnc34)CC2)cc1C. The zero-order valence-corrected chi connectivity index (χ0v) is 19.4. The highest BCUT2D eigenvalue weighted by atomic mass is 32.2. The number of rotatable bonds is 6. The molecule has 6 nitrogen and oxygen atoms in total. The molecule has 0 spiro atoms. The predicted molar refractivity (Wildman–Crippen MR) is 126 cm³/mol. The lowest BCUT2D eigenvalue weighted by molar-refractivity contribution is -0.126. The highest BCUT2D eigenvalue weighted by molar-refractivity contribution is 7.89. The molecule has 1 N–H and O–H groups in total. The van der Waals surface area contributed by atoms with E-state index in [0.29, 0.717) is 43.8 Å². The van der Waals surface area contributed by atoms with E-state index in [-0.39, 0.29) is 11.8 Å². The summed E-state index contributed by atoms with van der Waals surface area (Å²) in [5, 5.41) is 4.12. The second-order valence-electron chi connectivity index (χ2n) is 8.46. The van der Waals surface area contributed by atoms with E-state index >= 15 is 0 Å². The maximum absolute atomic E-state index is 13.0. The van der Waals surface area contributed by atoms with Crippen molar-refractivity contribution in [3.05, 3.63) is 71.4 Å². The van der Waals surface area contributed by atoms with Crippen molar-refractivity contribution in [2.45, 2.75) is 38.0 Å². The van der Waals surface area contributed by atoms with Gasteiger partial charge in [0.15, 0.2) is 0 Å². The van der Waals surface area contributed by atoms with Crippen LogP contribution in [0.15, 0.2) is 59.6 Å². The maximum atomic E-state index is 13.0. The number of aromatic nitrogens is 1. The van der Waals surface area contributed by atoms with E-state index in [4.69, 9.17) is 0 Å². The summed E-state index contributed by atoms with van der Waals surface area (Å²) in [5.74, 6) is -0.159. The van der Waals surface area contributed by atoms with Gasteiger partial charge in [-0.05, 0) is 68.0 Å². The number of benzene rings is 2. The summed E-state index contributed by atoms with van der Waals surface area (Å²) >= 11 is 0. The molecule has 0 aliphatic carbocycles. The van der Waals surface area contributed by atoms with Gasteiger partial charge in [-0.3, -0.25) is 9.78 Å². The molecule has 2 aromatic carbocycles. The fraction of sp³-hybridized carbons (Fsp3) is 0.360. The Hall–Kier alpha value is -2.77.